The van der Waals surface area contributed by atoms with Crippen LogP contribution in [0.25, 0.3) is 0 Å². The van der Waals surface area contributed by atoms with Gasteiger partial charge < -0.3 is 21.1 Å². The van der Waals surface area contributed by atoms with Crippen molar-refractivity contribution in [2.75, 3.05) is 19.6 Å². The molecule has 2 aliphatic rings. The number of hydrogen-bond donors (Lipinski definition) is 4. The molecule has 0 aliphatic carbocycles. The number of amides is 2. The predicted molar refractivity (Wildman–Crippen MR) is 142 cm³/mol. The highest BCUT2D eigenvalue weighted by atomic mass is 16.4. The molecule has 0 bridgehead atoms. The average Bonchev–Trinajstić information content (AvgIpc) is 3.57. The van der Waals surface area contributed by atoms with Gasteiger partial charge in [-0.2, -0.15) is 0 Å². The molecule has 37 heavy (non-hydrogen) atoms. The molecule has 198 valence electrons. The van der Waals surface area contributed by atoms with Gasteiger partial charge in [-0.05, 0) is 56.3 Å². The van der Waals surface area contributed by atoms with Crippen LogP contribution in [0.4, 0.5) is 0 Å². The number of benzene rings is 2. The van der Waals surface area contributed by atoms with Gasteiger partial charge in [-0.1, -0.05) is 60.7 Å². The Morgan fingerprint density at radius 1 is 0.919 bits per heavy atom. The third kappa shape index (κ3) is 8.13. The van der Waals surface area contributed by atoms with Gasteiger partial charge in [-0.25, -0.2) is 4.79 Å². The standard InChI is InChI=1S/C29H38N4O4/c34-27(32-25(29(36)37)18-22-11-5-2-6-12-22)19-24(17-21-9-3-1-4-10-21)31-28(35)26-14-8-16-33(26)20-23-13-7-15-30-23/h1-6,9-12,23-26,30H,7-8,13-20H2,(H,31,35)(H,32,34)(H,36,37)/t23-,24+,25-,26-/m0/s1. The minimum absolute atomic E-state index is 0.0100. The van der Waals surface area contributed by atoms with Crippen LogP contribution in [0.15, 0.2) is 60.7 Å². The van der Waals surface area contributed by atoms with Crippen LogP contribution in [0.2, 0.25) is 0 Å². The molecule has 2 aromatic rings. The lowest BCUT2D eigenvalue weighted by atomic mass is 10.0. The monoisotopic (exact) mass is 506 g/mol. The van der Waals surface area contributed by atoms with Gasteiger partial charge in [0.2, 0.25) is 11.8 Å². The van der Waals surface area contributed by atoms with Crippen molar-refractivity contribution in [1.29, 1.82) is 0 Å². The molecule has 2 aliphatic heterocycles. The van der Waals surface area contributed by atoms with E-state index in [-0.39, 0.29) is 30.7 Å². The van der Waals surface area contributed by atoms with E-state index in [1.165, 1.54) is 6.42 Å². The van der Waals surface area contributed by atoms with Gasteiger partial charge in [-0.3, -0.25) is 14.5 Å². The van der Waals surface area contributed by atoms with E-state index in [0.717, 1.165) is 50.0 Å². The number of carbonyl (C=O) groups is 3. The van der Waals surface area contributed by atoms with Crippen LogP contribution in [0.5, 0.6) is 0 Å². The Balaban J connectivity index is 1.39. The fraction of sp³-hybridized carbons (Fsp3) is 0.483. The van der Waals surface area contributed by atoms with Crippen molar-refractivity contribution < 1.29 is 19.5 Å². The number of carboxylic acids is 1. The second-order valence-electron chi connectivity index (χ2n) is 10.2. The third-order valence-corrected chi connectivity index (χ3v) is 7.30. The summed E-state index contributed by atoms with van der Waals surface area (Å²) in [5, 5.41) is 19.0. The summed E-state index contributed by atoms with van der Waals surface area (Å²) in [4.78, 5) is 40.5. The molecular formula is C29H38N4O4. The molecule has 4 N–H and O–H groups in total. The van der Waals surface area contributed by atoms with Crippen LogP contribution in [0.1, 0.15) is 43.2 Å². The number of rotatable bonds is 12. The maximum absolute atomic E-state index is 13.4. The minimum atomic E-state index is -1.08. The molecule has 2 heterocycles. The SMILES string of the molecule is O=C(C[C@@H](Cc1ccccc1)NC(=O)[C@@H]1CCCN1C[C@@H]1CCCN1)N[C@@H](Cc1ccccc1)C(=O)O. The molecule has 0 unspecified atom stereocenters. The highest BCUT2D eigenvalue weighted by Gasteiger charge is 2.34. The Labute approximate surface area is 218 Å². The number of carbonyl (C=O) groups excluding carboxylic acids is 2. The van der Waals surface area contributed by atoms with Crippen molar-refractivity contribution in [3.05, 3.63) is 71.8 Å². The Hall–Kier alpha value is -3.23. The highest BCUT2D eigenvalue weighted by molar-refractivity contribution is 5.86. The summed E-state index contributed by atoms with van der Waals surface area (Å²) >= 11 is 0. The van der Waals surface area contributed by atoms with E-state index in [1.807, 2.05) is 60.7 Å². The first-order valence-corrected chi connectivity index (χ1v) is 13.4. The zero-order valence-electron chi connectivity index (χ0n) is 21.3. The maximum atomic E-state index is 13.4. The smallest absolute Gasteiger partial charge is 0.326 e. The quantitative estimate of drug-likeness (QED) is 0.351. The normalized spacial score (nSPS) is 21.3. The largest absolute Gasteiger partial charge is 0.480 e. The Morgan fingerprint density at radius 2 is 1.59 bits per heavy atom. The summed E-state index contributed by atoms with van der Waals surface area (Å²) in [6.07, 6.45) is 4.79. The maximum Gasteiger partial charge on any atom is 0.326 e. The Kier molecular flexibility index (Phi) is 9.68. The molecule has 8 heteroatoms. The van der Waals surface area contributed by atoms with Crippen LogP contribution in [-0.4, -0.2) is 71.6 Å². The van der Waals surface area contributed by atoms with Gasteiger partial charge in [0, 0.05) is 31.5 Å². The molecular weight excluding hydrogens is 468 g/mol. The van der Waals surface area contributed by atoms with E-state index in [4.69, 9.17) is 0 Å². The molecule has 2 saturated heterocycles. The van der Waals surface area contributed by atoms with Crippen LogP contribution < -0.4 is 16.0 Å². The second kappa shape index (κ2) is 13.4. The third-order valence-electron chi connectivity index (χ3n) is 7.30. The van der Waals surface area contributed by atoms with Crippen LogP contribution >= 0.6 is 0 Å². The lowest BCUT2D eigenvalue weighted by Gasteiger charge is -2.28. The summed E-state index contributed by atoms with van der Waals surface area (Å²) in [5.41, 5.74) is 1.85. The minimum Gasteiger partial charge on any atom is -0.480 e. The van der Waals surface area contributed by atoms with Gasteiger partial charge >= 0.3 is 5.97 Å². The first-order valence-electron chi connectivity index (χ1n) is 13.4. The van der Waals surface area contributed by atoms with Gasteiger partial charge in [0.25, 0.3) is 0 Å². The van der Waals surface area contributed by atoms with E-state index in [2.05, 4.69) is 20.9 Å². The van der Waals surface area contributed by atoms with Crippen molar-refractivity contribution in [1.82, 2.24) is 20.9 Å². The van der Waals surface area contributed by atoms with Crippen molar-refractivity contribution in [3.63, 3.8) is 0 Å². The van der Waals surface area contributed by atoms with E-state index < -0.39 is 18.1 Å². The second-order valence-corrected chi connectivity index (χ2v) is 10.2. The molecule has 4 atom stereocenters. The number of likely N-dealkylation sites (tertiary alicyclic amines) is 1. The molecule has 4 rings (SSSR count). The number of nitrogens with zero attached hydrogens (tertiary/aromatic N) is 1. The van der Waals surface area contributed by atoms with Crippen molar-refractivity contribution in [3.8, 4) is 0 Å². The zero-order chi connectivity index (χ0) is 26.0. The number of carboxylic acid groups (broad SMARTS) is 1. The van der Waals surface area contributed by atoms with Crippen LogP contribution in [0.3, 0.4) is 0 Å². The fourth-order valence-corrected chi connectivity index (χ4v) is 5.43. The lowest BCUT2D eigenvalue weighted by Crippen LogP contribution is -2.51. The van der Waals surface area contributed by atoms with E-state index in [1.54, 1.807) is 0 Å². The van der Waals surface area contributed by atoms with Gasteiger partial charge in [0.05, 0.1) is 6.04 Å². The van der Waals surface area contributed by atoms with E-state index >= 15 is 0 Å². The van der Waals surface area contributed by atoms with Crippen LogP contribution in [-0.2, 0) is 27.2 Å². The van der Waals surface area contributed by atoms with E-state index in [0.29, 0.717) is 12.5 Å². The lowest BCUT2D eigenvalue weighted by molar-refractivity contribution is -0.142. The highest BCUT2D eigenvalue weighted by Crippen LogP contribution is 2.20. The molecule has 8 nitrogen and oxygen atoms in total. The molecule has 0 saturated carbocycles. The Morgan fingerprint density at radius 3 is 2.22 bits per heavy atom. The summed E-state index contributed by atoms with van der Waals surface area (Å²) in [6.45, 7) is 2.80. The van der Waals surface area contributed by atoms with Crippen molar-refractivity contribution >= 4 is 17.8 Å². The first-order chi connectivity index (χ1) is 18.0. The molecule has 2 amide bonds. The average molecular weight is 507 g/mol. The fourth-order valence-electron chi connectivity index (χ4n) is 5.43. The molecule has 2 fully saturated rings. The first kappa shape index (κ1) is 26.8. The summed E-state index contributed by atoms with van der Waals surface area (Å²) < 4.78 is 0. The molecule has 2 aromatic carbocycles. The molecule has 0 radical (unpaired) electrons. The Bertz CT molecular complexity index is 1030. The number of aliphatic carboxylic acids is 1. The van der Waals surface area contributed by atoms with Gasteiger partial charge in [0.1, 0.15) is 6.04 Å². The van der Waals surface area contributed by atoms with Crippen molar-refractivity contribution in [2.24, 2.45) is 0 Å². The van der Waals surface area contributed by atoms with Gasteiger partial charge in [0.15, 0.2) is 0 Å². The summed E-state index contributed by atoms with van der Waals surface area (Å²) in [5.74, 6) is -1.52. The van der Waals surface area contributed by atoms with Crippen molar-refractivity contribution in [2.45, 2.75) is 69.1 Å². The summed E-state index contributed by atoms with van der Waals surface area (Å²) in [7, 11) is 0. The topological polar surface area (TPSA) is 111 Å². The van der Waals surface area contributed by atoms with Gasteiger partial charge in [-0.15, -0.1) is 0 Å². The van der Waals surface area contributed by atoms with E-state index in [9.17, 15) is 19.5 Å². The molecule has 0 spiro atoms. The zero-order valence-corrected chi connectivity index (χ0v) is 21.3. The predicted octanol–water partition coefficient (Wildman–Crippen LogP) is 2.13. The van der Waals surface area contributed by atoms with Crippen LogP contribution in [0, 0.1) is 0 Å². The molecule has 0 aromatic heterocycles. The number of hydrogen-bond acceptors (Lipinski definition) is 5. The summed E-state index contributed by atoms with van der Waals surface area (Å²) in [6, 6.07) is 17.7. The number of nitrogens with one attached hydrogen (secondary N) is 3.